The number of fused-ring (bicyclic) bond motifs is 1. The van der Waals surface area contributed by atoms with Crippen molar-refractivity contribution in [1.82, 2.24) is 39.1 Å². The highest BCUT2D eigenvalue weighted by Gasteiger charge is 2.25. The first-order chi connectivity index (χ1) is 12.7. The van der Waals surface area contributed by atoms with Crippen molar-refractivity contribution < 1.29 is 9.90 Å². The van der Waals surface area contributed by atoms with E-state index in [-0.39, 0.29) is 5.69 Å². The van der Waals surface area contributed by atoms with E-state index in [1.807, 2.05) is 15.2 Å². The Balaban J connectivity index is 1.57. The van der Waals surface area contributed by atoms with E-state index in [4.69, 9.17) is 5.11 Å². The van der Waals surface area contributed by atoms with Gasteiger partial charge in [0.2, 0.25) is 0 Å². The molecule has 1 aliphatic rings. The van der Waals surface area contributed by atoms with Crippen LogP contribution in [0.3, 0.4) is 0 Å². The van der Waals surface area contributed by atoms with Crippen LogP contribution in [-0.4, -0.2) is 50.2 Å². The lowest BCUT2D eigenvalue weighted by Gasteiger charge is -2.07. The first-order valence-corrected chi connectivity index (χ1v) is 8.17. The molecule has 0 atom stereocenters. The topological polar surface area (TPSA) is 116 Å². The van der Waals surface area contributed by atoms with E-state index in [9.17, 15) is 4.79 Å². The largest absolute Gasteiger partial charge is 0.476 e. The van der Waals surface area contributed by atoms with Crippen molar-refractivity contribution in [2.24, 2.45) is 0 Å². The smallest absolute Gasteiger partial charge is 0.358 e. The van der Waals surface area contributed by atoms with E-state index in [0.717, 1.165) is 17.0 Å². The molecular weight excluding hydrogens is 336 g/mol. The molecule has 130 valence electrons. The van der Waals surface area contributed by atoms with Crippen LogP contribution in [-0.2, 0) is 6.54 Å². The molecule has 1 fully saturated rings. The number of hydrogen-bond acceptors (Lipinski definition) is 6. The Morgan fingerprint density at radius 1 is 1.19 bits per heavy atom. The standard InChI is InChI=1S/C16H14N8O2/c25-16(26)13-7-24(21-20-13)6-12-5-22-4-11(10-1-2-10)3-14(15(22)19-12)23-8-17-18-9-23/h3-5,7-10H,1-2,6H2,(H,25,26). The van der Waals surface area contributed by atoms with Crippen molar-refractivity contribution in [2.75, 3.05) is 0 Å². The van der Waals surface area contributed by atoms with Gasteiger partial charge in [-0.25, -0.2) is 14.5 Å². The van der Waals surface area contributed by atoms with Gasteiger partial charge in [-0.2, -0.15) is 0 Å². The molecule has 0 aliphatic heterocycles. The van der Waals surface area contributed by atoms with Gasteiger partial charge in [0, 0.05) is 12.4 Å². The summed E-state index contributed by atoms with van der Waals surface area (Å²) in [6, 6.07) is 2.13. The quantitative estimate of drug-likeness (QED) is 0.573. The lowest BCUT2D eigenvalue weighted by molar-refractivity contribution is 0.0690. The summed E-state index contributed by atoms with van der Waals surface area (Å²) in [7, 11) is 0. The van der Waals surface area contributed by atoms with Crippen molar-refractivity contribution in [2.45, 2.75) is 25.3 Å². The predicted molar refractivity (Wildman–Crippen MR) is 88.2 cm³/mol. The third kappa shape index (κ3) is 2.51. The maximum absolute atomic E-state index is 10.9. The van der Waals surface area contributed by atoms with Gasteiger partial charge in [0.25, 0.3) is 0 Å². The predicted octanol–water partition coefficient (Wildman–Crippen LogP) is 1.13. The third-order valence-corrected chi connectivity index (χ3v) is 4.43. The Kier molecular flexibility index (Phi) is 3.11. The monoisotopic (exact) mass is 350 g/mol. The number of aromatic carboxylic acids is 1. The fraction of sp³-hybridized carbons (Fsp3) is 0.250. The van der Waals surface area contributed by atoms with Gasteiger partial charge in [-0.05, 0) is 30.4 Å². The summed E-state index contributed by atoms with van der Waals surface area (Å²) in [5.41, 5.74) is 3.63. The lowest BCUT2D eigenvalue weighted by atomic mass is 10.2. The molecule has 5 rings (SSSR count). The second kappa shape index (κ2) is 5.48. The fourth-order valence-corrected chi connectivity index (χ4v) is 3.02. The molecule has 1 saturated carbocycles. The highest BCUT2D eigenvalue weighted by Crippen LogP contribution is 2.41. The van der Waals surface area contributed by atoms with Crippen LogP contribution in [0.1, 0.15) is 40.5 Å². The molecule has 26 heavy (non-hydrogen) atoms. The van der Waals surface area contributed by atoms with Crippen LogP contribution in [0.4, 0.5) is 0 Å². The maximum atomic E-state index is 10.9. The van der Waals surface area contributed by atoms with Crippen molar-refractivity contribution >= 4 is 11.6 Å². The molecule has 1 N–H and O–H groups in total. The molecule has 1 aliphatic carbocycles. The van der Waals surface area contributed by atoms with Crippen LogP contribution < -0.4 is 0 Å². The fourth-order valence-electron chi connectivity index (χ4n) is 3.02. The molecular formula is C16H14N8O2. The van der Waals surface area contributed by atoms with Gasteiger partial charge in [0.15, 0.2) is 11.3 Å². The minimum Gasteiger partial charge on any atom is -0.476 e. The Hall–Kier alpha value is -3.56. The second-order valence-electron chi connectivity index (χ2n) is 6.37. The number of nitrogens with zero attached hydrogens (tertiary/aromatic N) is 8. The van der Waals surface area contributed by atoms with Crippen LogP contribution in [0, 0.1) is 0 Å². The van der Waals surface area contributed by atoms with E-state index in [1.54, 1.807) is 12.7 Å². The van der Waals surface area contributed by atoms with E-state index in [1.165, 1.54) is 29.3 Å². The van der Waals surface area contributed by atoms with Gasteiger partial charge in [-0.15, -0.1) is 15.3 Å². The van der Waals surface area contributed by atoms with Crippen LogP contribution in [0.25, 0.3) is 11.3 Å². The molecule has 0 amide bonds. The number of aromatic nitrogens is 8. The van der Waals surface area contributed by atoms with Crippen molar-refractivity contribution in [3.05, 3.63) is 54.3 Å². The van der Waals surface area contributed by atoms with Gasteiger partial charge in [-0.1, -0.05) is 5.21 Å². The van der Waals surface area contributed by atoms with Gasteiger partial charge in [0.05, 0.1) is 24.1 Å². The van der Waals surface area contributed by atoms with Crippen LogP contribution in [0.2, 0.25) is 0 Å². The van der Waals surface area contributed by atoms with Crippen molar-refractivity contribution in [3.8, 4) is 5.69 Å². The summed E-state index contributed by atoms with van der Waals surface area (Å²) in [5, 5.41) is 24.2. The summed E-state index contributed by atoms with van der Waals surface area (Å²) in [6.07, 6.45) is 11.1. The van der Waals surface area contributed by atoms with Crippen molar-refractivity contribution in [3.63, 3.8) is 0 Å². The molecule has 10 heteroatoms. The summed E-state index contributed by atoms with van der Waals surface area (Å²) in [6.45, 7) is 0.336. The molecule has 0 aromatic carbocycles. The molecule has 4 aromatic heterocycles. The molecule has 0 spiro atoms. The summed E-state index contributed by atoms with van der Waals surface area (Å²) in [4.78, 5) is 15.6. The van der Waals surface area contributed by atoms with Crippen LogP contribution >= 0.6 is 0 Å². The van der Waals surface area contributed by atoms with Crippen molar-refractivity contribution in [1.29, 1.82) is 0 Å². The number of imidazole rings is 1. The molecule has 4 aromatic rings. The van der Waals surface area contributed by atoms with E-state index < -0.39 is 5.97 Å². The Morgan fingerprint density at radius 3 is 2.69 bits per heavy atom. The van der Waals surface area contributed by atoms with Gasteiger partial charge in [0.1, 0.15) is 12.7 Å². The van der Waals surface area contributed by atoms with E-state index in [2.05, 4.69) is 37.8 Å². The highest BCUT2D eigenvalue weighted by atomic mass is 16.4. The lowest BCUT2D eigenvalue weighted by Crippen LogP contribution is -2.01. The van der Waals surface area contributed by atoms with E-state index >= 15 is 0 Å². The Morgan fingerprint density at radius 2 is 2.00 bits per heavy atom. The van der Waals surface area contributed by atoms with Crippen LogP contribution in [0.5, 0.6) is 0 Å². The SMILES string of the molecule is O=C(O)c1cn(Cc2cn3cc(C4CC4)cc(-n4cnnc4)c3n2)nn1. The average molecular weight is 350 g/mol. The zero-order chi connectivity index (χ0) is 17.7. The molecule has 0 unspecified atom stereocenters. The van der Waals surface area contributed by atoms with Gasteiger partial charge < -0.3 is 9.51 Å². The third-order valence-electron chi connectivity index (χ3n) is 4.43. The number of carbonyl (C=O) groups is 1. The summed E-state index contributed by atoms with van der Waals surface area (Å²) < 4.78 is 5.30. The van der Waals surface area contributed by atoms with Gasteiger partial charge >= 0.3 is 5.97 Å². The van der Waals surface area contributed by atoms with Crippen LogP contribution in [0.15, 0.2) is 37.3 Å². The van der Waals surface area contributed by atoms with Gasteiger partial charge in [-0.3, -0.25) is 4.57 Å². The minimum absolute atomic E-state index is 0.0880. The maximum Gasteiger partial charge on any atom is 0.358 e. The van der Waals surface area contributed by atoms with E-state index in [0.29, 0.717) is 12.5 Å². The minimum atomic E-state index is -1.10. The summed E-state index contributed by atoms with van der Waals surface area (Å²) in [5.74, 6) is -0.510. The first-order valence-electron chi connectivity index (χ1n) is 8.17. The molecule has 10 nitrogen and oxygen atoms in total. The Labute approximate surface area is 146 Å². The number of hydrogen-bond donors (Lipinski definition) is 1. The second-order valence-corrected chi connectivity index (χ2v) is 6.37. The number of rotatable bonds is 5. The molecule has 0 bridgehead atoms. The zero-order valence-electron chi connectivity index (χ0n) is 13.6. The number of pyridine rings is 1. The first kappa shape index (κ1) is 14.8. The average Bonchev–Trinajstić information content (AvgIpc) is 3.03. The highest BCUT2D eigenvalue weighted by molar-refractivity contribution is 5.84. The summed E-state index contributed by atoms with van der Waals surface area (Å²) >= 11 is 0. The molecule has 4 heterocycles. The normalized spacial score (nSPS) is 14.2. The number of carboxylic acids is 1. The molecule has 0 radical (unpaired) electrons. The zero-order valence-corrected chi connectivity index (χ0v) is 13.6. The number of carboxylic acid groups (broad SMARTS) is 1. The Bertz CT molecular complexity index is 1110. The molecule has 0 saturated heterocycles.